The number of nitrogens with zero attached hydrogens (tertiary/aromatic N) is 1. The lowest BCUT2D eigenvalue weighted by Gasteiger charge is -2.35. The van der Waals surface area contributed by atoms with Crippen LogP contribution in [0.5, 0.6) is 0 Å². The fourth-order valence-corrected chi connectivity index (χ4v) is 3.51. The van der Waals surface area contributed by atoms with Crippen molar-refractivity contribution in [1.82, 2.24) is 4.90 Å². The van der Waals surface area contributed by atoms with Crippen molar-refractivity contribution < 1.29 is 0 Å². The minimum absolute atomic E-state index is 0. The van der Waals surface area contributed by atoms with Gasteiger partial charge in [-0.15, -0.1) is 12.4 Å². The molecule has 1 aliphatic carbocycles. The van der Waals surface area contributed by atoms with E-state index in [0.717, 1.165) is 12.6 Å². The molecule has 2 nitrogen and oxygen atoms in total. The molecule has 0 aliphatic heterocycles. The van der Waals surface area contributed by atoms with E-state index in [0.29, 0.717) is 0 Å². The standard InChI is InChI=1S/C18H30N2.ClH/c1-4-12-20(13-5-2)16-10-11-17-15(14-16)8-7-9-18(17)19-6-3;/h7-9,16,19H,4-6,10-14H2,1-3H3;1H. The molecule has 1 atom stereocenters. The molecule has 0 heterocycles. The summed E-state index contributed by atoms with van der Waals surface area (Å²) < 4.78 is 0. The van der Waals surface area contributed by atoms with Crippen molar-refractivity contribution in [3.8, 4) is 0 Å². The summed E-state index contributed by atoms with van der Waals surface area (Å²) in [6.45, 7) is 10.3. The Hall–Kier alpha value is -0.730. The highest BCUT2D eigenvalue weighted by molar-refractivity contribution is 5.85. The van der Waals surface area contributed by atoms with Crippen LogP contribution in [0.4, 0.5) is 5.69 Å². The molecule has 0 fully saturated rings. The molecule has 1 unspecified atom stereocenters. The van der Waals surface area contributed by atoms with Crippen LogP contribution in [0.3, 0.4) is 0 Å². The van der Waals surface area contributed by atoms with Gasteiger partial charge in [-0.05, 0) is 69.3 Å². The highest BCUT2D eigenvalue weighted by Gasteiger charge is 2.24. The molecule has 0 aromatic heterocycles. The van der Waals surface area contributed by atoms with Crippen molar-refractivity contribution in [2.75, 3.05) is 25.0 Å². The van der Waals surface area contributed by atoms with E-state index in [2.05, 4.69) is 49.2 Å². The van der Waals surface area contributed by atoms with Gasteiger partial charge in [0.15, 0.2) is 0 Å². The van der Waals surface area contributed by atoms with Gasteiger partial charge in [-0.3, -0.25) is 0 Å². The van der Waals surface area contributed by atoms with Gasteiger partial charge >= 0.3 is 0 Å². The highest BCUT2D eigenvalue weighted by Crippen LogP contribution is 2.30. The molecule has 1 aromatic rings. The summed E-state index contributed by atoms with van der Waals surface area (Å²) in [5.41, 5.74) is 4.50. The molecule has 2 rings (SSSR count). The lowest BCUT2D eigenvalue weighted by atomic mass is 9.86. The van der Waals surface area contributed by atoms with Gasteiger partial charge in [0.2, 0.25) is 0 Å². The maximum atomic E-state index is 3.52. The zero-order chi connectivity index (χ0) is 14.4. The Labute approximate surface area is 136 Å². The minimum atomic E-state index is 0. The third-order valence-electron chi connectivity index (χ3n) is 4.36. The van der Waals surface area contributed by atoms with Gasteiger partial charge in [0.1, 0.15) is 0 Å². The van der Waals surface area contributed by atoms with Gasteiger partial charge in [0.25, 0.3) is 0 Å². The fraction of sp³-hybridized carbons (Fsp3) is 0.667. The van der Waals surface area contributed by atoms with E-state index in [9.17, 15) is 0 Å². The molecule has 0 spiro atoms. The average molecular weight is 311 g/mol. The molecule has 0 amide bonds. The summed E-state index contributed by atoms with van der Waals surface area (Å²) in [7, 11) is 0. The summed E-state index contributed by atoms with van der Waals surface area (Å²) >= 11 is 0. The number of rotatable bonds is 7. The summed E-state index contributed by atoms with van der Waals surface area (Å²) in [5.74, 6) is 0. The third-order valence-corrected chi connectivity index (χ3v) is 4.36. The minimum Gasteiger partial charge on any atom is -0.385 e. The lowest BCUT2D eigenvalue weighted by molar-refractivity contribution is 0.180. The Kier molecular flexibility index (Phi) is 8.13. The van der Waals surface area contributed by atoms with Crippen LogP contribution in [0, 0.1) is 0 Å². The smallest absolute Gasteiger partial charge is 0.0375 e. The maximum absolute atomic E-state index is 3.52. The molecular formula is C18H31ClN2. The van der Waals surface area contributed by atoms with E-state index >= 15 is 0 Å². The number of hydrogen-bond donors (Lipinski definition) is 1. The molecule has 0 saturated heterocycles. The molecule has 0 bridgehead atoms. The van der Waals surface area contributed by atoms with Crippen molar-refractivity contribution in [2.45, 2.75) is 58.9 Å². The first-order chi connectivity index (χ1) is 9.80. The maximum Gasteiger partial charge on any atom is 0.0375 e. The number of nitrogens with one attached hydrogen (secondary N) is 1. The SMILES string of the molecule is CCCN(CCC)C1CCc2c(cccc2NCC)C1.Cl. The van der Waals surface area contributed by atoms with Crippen LogP contribution < -0.4 is 5.32 Å². The molecule has 1 N–H and O–H groups in total. The largest absolute Gasteiger partial charge is 0.385 e. The predicted octanol–water partition coefficient (Wildman–Crippen LogP) is 4.52. The lowest BCUT2D eigenvalue weighted by Crippen LogP contribution is -2.40. The van der Waals surface area contributed by atoms with Crippen molar-refractivity contribution in [2.24, 2.45) is 0 Å². The van der Waals surface area contributed by atoms with Crippen LogP contribution in [-0.4, -0.2) is 30.6 Å². The van der Waals surface area contributed by atoms with Crippen LogP contribution in [0.2, 0.25) is 0 Å². The second-order valence-electron chi connectivity index (χ2n) is 5.91. The Morgan fingerprint density at radius 3 is 2.48 bits per heavy atom. The number of anilines is 1. The average Bonchev–Trinajstić information content (AvgIpc) is 2.47. The molecule has 0 radical (unpaired) electrons. The van der Waals surface area contributed by atoms with Crippen LogP contribution >= 0.6 is 12.4 Å². The topological polar surface area (TPSA) is 15.3 Å². The van der Waals surface area contributed by atoms with Crippen molar-refractivity contribution in [3.05, 3.63) is 29.3 Å². The third kappa shape index (κ3) is 4.62. The zero-order valence-corrected chi connectivity index (χ0v) is 14.6. The van der Waals surface area contributed by atoms with Crippen LogP contribution in [0.1, 0.15) is 51.2 Å². The first-order valence-electron chi connectivity index (χ1n) is 8.38. The molecular weight excluding hydrogens is 280 g/mol. The van der Waals surface area contributed by atoms with Crippen molar-refractivity contribution >= 4 is 18.1 Å². The highest BCUT2D eigenvalue weighted by atomic mass is 35.5. The zero-order valence-electron chi connectivity index (χ0n) is 13.8. The molecule has 120 valence electrons. The summed E-state index contributed by atoms with van der Waals surface area (Å²) in [6, 6.07) is 7.53. The van der Waals surface area contributed by atoms with Gasteiger partial charge in [-0.1, -0.05) is 26.0 Å². The molecule has 3 heteroatoms. The van der Waals surface area contributed by atoms with E-state index in [-0.39, 0.29) is 12.4 Å². The Bertz CT molecular complexity index is 414. The van der Waals surface area contributed by atoms with Crippen LogP contribution in [-0.2, 0) is 12.8 Å². The molecule has 21 heavy (non-hydrogen) atoms. The normalized spacial score (nSPS) is 17.2. The first kappa shape index (κ1) is 18.3. The summed E-state index contributed by atoms with van der Waals surface area (Å²) in [6.07, 6.45) is 6.30. The summed E-state index contributed by atoms with van der Waals surface area (Å²) in [5, 5.41) is 3.52. The quantitative estimate of drug-likeness (QED) is 0.796. The van der Waals surface area contributed by atoms with Crippen LogP contribution in [0.25, 0.3) is 0 Å². The van der Waals surface area contributed by atoms with Gasteiger partial charge < -0.3 is 10.2 Å². The second-order valence-corrected chi connectivity index (χ2v) is 5.91. The van der Waals surface area contributed by atoms with Gasteiger partial charge in [-0.2, -0.15) is 0 Å². The molecule has 1 aromatic carbocycles. The Balaban J connectivity index is 0.00000220. The van der Waals surface area contributed by atoms with Gasteiger partial charge in [0.05, 0.1) is 0 Å². The predicted molar refractivity (Wildman–Crippen MR) is 95.8 cm³/mol. The van der Waals surface area contributed by atoms with E-state index in [4.69, 9.17) is 0 Å². The van der Waals surface area contributed by atoms with E-state index in [1.54, 1.807) is 11.1 Å². The second kappa shape index (κ2) is 9.32. The molecule has 0 saturated carbocycles. The number of fused-ring (bicyclic) bond motifs is 1. The fourth-order valence-electron chi connectivity index (χ4n) is 3.51. The number of halogens is 1. The van der Waals surface area contributed by atoms with Crippen LogP contribution in [0.15, 0.2) is 18.2 Å². The molecule has 1 aliphatic rings. The van der Waals surface area contributed by atoms with Crippen molar-refractivity contribution in [1.29, 1.82) is 0 Å². The summed E-state index contributed by atoms with van der Waals surface area (Å²) in [4.78, 5) is 2.71. The Morgan fingerprint density at radius 1 is 1.14 bits per heavy atom. The number of hydrogen-bond acceptors (Lipinski definition) is 2. The van der Waals surface area contributed by atoms with E-state index < -0.39 is 0 Å². The van der Waals surface area contributed by atoms with Gasteiger partial charge in [-0.25, -0.2) is 0 Å². The Morgan fingerprint density at radius 2 is 1.86 bits per heavy atom. The first-order valence-corrected chi connectivity index (χ1v) is 8.38. The van der Waals surface area contributed by atoms with Gasteiger partial charge in [0, 0.05) is 18.3 Å². The monoisotopic (exact) mass is 310 g/mol. The van der Waals surface area contributed by atoms with Crippen molar-refractivity contribution in [3.63, 3.8) is 0 Å². The number of benzene rings is 1. The van der Waals surface area contributed by atoms with E-state index in [1.807, 2.05) is 0 Å². The van der Waals surface area contributed by atoms with E-state index in [1.165, 1.54) is 50.9 Å².